The zero-order valence-electron chi connectivity index (χ0n) is 17.5. The molecule has 12 nitrogen and oxygen atoms in total. The number of alkyl carbamates (subject to hydrolysis) is 1. The smallest absolute Gasteiger partial charge is 0.407 e. The lowest BCUT2D eigenvalue weighted by Gasteiger charge is -2.19. The van der Waals surface area contributed by atoms with Crippen molar-refractivity contribution in [2.45, 2.75) is 31.3 Å². The highest BCUT2D eigenvalue weighted by Gasteiger charge is 2.20. The van der Waals surface area contributed by atoms with Crippen molar-refractivity contribution in [3.8, 4) is 11.1 Å². The van der Waals surface area contributed by atoms with E-state index in [0.717, 1.165) is 6.20 Å². The predicted molar refractivity (Wildman–Crippen MR) is 112 cm³/mol. The van der Waals surface area contributed by atoms with Crippen LogP contribution in [0, 0.1) is 0 Å². The fraction of sp³-hybridized carbons (Fsp3) is 0.333. The molecule has 14 heteroatoms. The number of nitrogens with two attached hydrogens (primary N) is 1. The summed E-state index contributed by atoms with van der Waals surface area (Å²) in [6.07, 6.45) is 0.274. The third-order valence-electron chi connectivity index (χ3n) is 3.88. The number of hydrogen-bond donors (Lipinski definition) is 3. The molecule has 0 aliphatic heterocycles. The zero-order valence-corrected chi connectivity index (χ0v) is 19.1. The molecular weight excluding hydrogens is 464 g/mol. The quantitative estimate of drug-likeness (QED) is 0.410. The number of ether oxygens (including phenoxy) is 1. The van der Waals surface area contributed by atoms with E-state index in [0.29, 0.717) is 3.97 Å². The Morgan fingerprint density at radius 2 is 1.66 bits per heavy atom. The Labute approximate surface area is 185 Å². The first-order valence-electron chi connectivity index (χ1n) is 9.15. The highest BCUT2D eigenvalue weighted by atomic mass is 32.2. The molecule has 0 bridgehead atoms. The van der Waals surface area contributed by atoms with Crippen molar-refractivity contribution < 1.29 is 36.3 Å². The zero-order chi connectivity index (χ0) is 24.3. The van der Waals surface area contributed by atoms with Crippen molar-refractivity contribution in [2.24, 2.45) is 5.14 Å². The SMILES string of the molecule is CC(C)(C)OC(=O)NCCNS(=O)(=O)c1ccc(-c2ccn(S(N)(=O)=O)c2C(=O)[O-])cc1. The Morgan fingerprint density at radius 1 is 1.06 bits per heavy atom. The molecule has 0 aliphatic carbocycles. The number of carboxylic acids is 1. The first kappa shape index (κ1) is 25.3. The van der Waals surface area contributed by atoms with E-state index < -0.39 is 43.6 Å². The molecule has 0 aliphatic rings. The number of aromatic carboxylic acids is 1. The number of benzene rings is 1. The number of aromatic nitrogens is 1. The minimum atomic E-state index is -4.38. The molecule has 0 unspecified atom stereocenters. The molecule has 0 saturated heterocycles. The Morgan fingerprint density at radius 3 is 2.16 bits per heavy atom. The van der Waals surface area contributed by atoms with E-state index in [2.05, 4.69) is 10.0 Å². The van der Waals surface area contributed by atoms with Gasteiger partial charge >= 0.3 is 16.3 Å². The van der Waals surface area contributed by atoms with Gasteiger partial charge in [0.1, 0.15) is 5.60 Å². The van der Waals surface area contributed by atoms with Gasteiger partial charge in [0.25, 0.3) is 0 Å². The molecule has 0 spiro atoms. The van der Waals surface area contributed by atoms with Gasteiger partial charge in [-0.2, -0.15) is 8.42 Å². The normalized spacial score (nSPS) is 12.4. The standard InChI is InChI=1S/C18H24N4O8S2/c1-18(2,3)30-17(25)20-9-10-21-31(26,27)13-6-4-12(5-7-13)14-8-11-22(32(19,28)29)15(14)16(23)24/h4-8,11,21H,9-10H2,1-3H3,(H,20,25)(H,23,24)(H2,19,28,29)/p-1. The number of hydrogen-bond acceptors (Lipinski definition) is 8. The molecule has 0 radical (unpaired) electrons. The Kier molecular flexibility index (Phi) is 7.34. The van der Waals surface area contributed by atoms with Gasteiger partial charge in [0, 0.05) is 24.8 Å². The number of nitrogens with zero attached hydrogens (tertiary/aromatic N) is 1. The van der Waals surface area contributed by atoms with Crippen molar-refractivity contribution in [3.05, 3.63) is 42.2 Å². The number of nitrogens with one attached hydrogen (secondary N) is 2. The maximum Gasteiger partial charge on any atom is 0.407 e. The summed E-state index contributed by atoms with van der Waals surface area (Å²) >= 11 is 0. The minimum Gasteiger partial charge on any atom is -0.543 e. The second-order valence-electron chi connectivity index (χ2n) is 7.56. The van der Waals surface area contributed by atoms with Gasteiger partial charge in [-0.3, -0.25) is 0 Å². The van der Waals surface area contributed by atoms with Crippen LogP contribution < -0.4 is 20.3 Å². The minimum absolute atomic E-state index is 0.0116. The van der Waals surface area contributed by atoms with E-state index in [1.165, 1.54) is 30.3 Å². The fourth-order valence-corrected chi connectivity index (χ4v) is 4.31. The monoisotopic (exact) mass is 487 g/mol. The van der Waals surface area contributed by atoms with Crippen molar-refractivity contribution in [3.63, 3.8) is 0 Å². The summed E-state index contributed by atoms with van der Waals surface area (Å²) in [7, 11) is -8.30. The topological polar surface area (TPSA) is 190 Å². The number of sulfonamides is 1. The number of carbonyl (C=O) groups is 2. The second-order valence-corrected chi connectivity index (χ2v) is 10.7. The highest BCUT2D eigenvalue weighted by molar-refractivity contribution is 7.89. The van der Waals surface area contributed by atoms with Crippen molar-refractivity contribution in [1.29, 1.82) is 0 Å². The van der Waals surface area contributed by atoms with E-state index in [9.17, 15) is 31.5 Å². The van der Waals surface area contributed by atoms with Gasteiger partial charge in [0.2, 0.25) is 10.0 Å². The number of carboxylic acid groups (broad SMARTS) is 1. The lowest BCUT2D eigenvalue weighted by Crippen LogP contribution is -2.37. The van der Waals surface area contributed by atoms with Crippen LogP contribution in [-0.4, -0.2) is 51.6 Å². The fourth-order valence-electron chi connectivity index (χ4n) is 2.62. The average molecular weight is 488 g/mol. The van der Waals surface area contributed by atoms with E-state index in [4.69, 9.17) is 9.88 Å². The van der Waals surface area contributed by atoms with Crippen LogP contribution in [0.4, 0.5) is 4.79 Å². The molecule has 1 aromatic heterocycles. The van der Waals surface area contributed by atoms with Gasteiger partial charge in [-0.15, -0.1) is 0 Å². The number of carbonyl (C=O) groups excluding carboxylic acids is 2. The number of rotatable bonds is 8. The van der Waals surface area contributed by atoms with Gasteiger partial charge < -0.3 is 20.0 Å². The molecule has 176 valence electrons. The lowest BCUT2D eigenvalue weighted by atomic mass is 10.1. The van der Waals surface area contributed by atoms with Crippen LogP contribution in [0.25, 0.3) is 11.1 Å². The first-order chi connectivity index (χ1) is 14.6. The summed E-state index contributed by atoms with van der Waals surface area (Å²) in [4.78, 5) is 22.9. The van der Waals surface area contributed by atoms with Crippen LogP contribution >= 0.6 is 0 Å². The Hall–Kier alpha value is -2.94. The summed E-state index contributed by atoms with van der Waals surface area (Å²) in [6, 6.07) is 6.25. The molecule has 0 atom stereocenters. The molecule has 2 aromatic rings. The Balaban J connectivity index is 2.12. The predicted octanol–water partition coefficient (Wildman–Crippen LogP) is -0.627. The maximum atomic E-state index is 12.4. The van der Waals surface area contributed by atoms with Gasteiger partial charge in [-0.05, 0) is 44.5 Å². The summed E-state index contributed by atoms with van der Waals surface area (Å²) in [5.41, 5.74) is -1.15. The van der Waals surface area contributed by atoms with Crippen LogP contribution in [0.3, 0.4) is 0 Å². The van der Waals surface area contributed by atoms with Gasteiger partial charge in [0.05, 0.1) is 16.6 Å². The van der Waals surface area contributed by atoms with Gasteiger partial charge in [-0.1, -0.05) is 12.1 Å². The van der Waals surface area contributed by atoms with Crippen LogP contribution in [0.5, 0.6) is 0 Å². The molecular formula is C18H23N4O8S2-. The van der Waals surface area contributed by atoms with Crippen molar-refractivity contribution in [1.82, 2.24) is 14.0 Å². The van der Waals surface area contributed by atoms with Crippen molar-refractivity contribution >= 4 is 32.3 Å². The number of amides is 1. The molecule has 2 rings (SSSR count). The largest absolute Gasteiger partial charge is 0.543 e. The van der Waals surface area contributed by atoms with E-state index in [1.54, 1.807) is 20.8 Å². The average Bonchev–Trinajstić information content (AvgIpc) is 3.10. The van der Waals surface area contributed by atoms with Crippen LogP contribution in [0.1, 0.15) is 31.3 Å². The molecule has 4 N–H and O–H groups in total. The summed E-state index contributed by atoms with van der Waals surface area (Å²) < 4.78 is 55.6. The van der Waals surface area contributed by atoms with Crippen LogP contribution in [0.2, 0.25) is 0 Å². The molecule has 32 heavy (non-hydrogen) atoms. The molecule has 1 amide bonds. The van der Waals surface area contributed by atoms with E-state index in [1.807, 2.05) is 0 Å². The van der Waals surface area contributed by atoms with E-state index in [-0.39, 0.29) is 29.1 Å². The van der Waals surface area contributed by atoms with Gasteiger partial charge in [0.15, 0.2) is 0 Å². The highest BCUT2D eigenvalue weighted by Crippen LogP contribution is 2.26. The summed E-state index contributed by atoms with van der Waals surface area (Å²) in [5.74, 6) is -1.77. The van der Waals surface area contributed by atoms with Crippen LogP contribution in [0.15, 0.2) is 41.4 Å². The van der Waals surface area contributed by atoms with Crippen molar-refractivity contribution in [2.75, 3.05) is 13.1 Å². The third kappa shape index (κ3) is 6.53. The molecule has 1 heterocycles. The summed E-state index contributed by atoms with van der Waals surface area (Å²) in [6.45, 7) is 4.97. The maximum absolute atomic E-state index is 12.4. The van der Waals surface area contributed by atoms with E-state index >= 15 is 0 Å². The lowest BCUT2D eigenvalue weighted by molar-refractivity contribution is -0.255. The first-order valence-corrected chi connectivity index (χ1v) is 12.1. The molecule has 0 fully saturated rings. The van der Waals surface area contributed by atoms with Gasteiger partial charge in [-0.25, -0.2) is 27.0 Å². The molecule has 1 aromatic carbocycles. The third-order valence-corrected chi connectivity index (χ3v) is 6.21. The Bertz CT molecular complexity index is 1210. The van der Waals surface area contributed by atoms with Crippen LogP contribution in [-0.2, 0) is 25.0 Å². The summed E-state index contributed by atoms with van der Waals surface area (Å²) in [5, 5.41) is 18.8. The second kappa shape index (κ2) is 9.28. The molecule has 0 saturated carbocycles.